The molecule has 17 heavy (non-hydrogen) atoms. The number of fused-ring (bicyclic) bond motifs is 1. The van der Waals surface area contributed by atoms with Crippen LogP contribution < -0.4 is 10.5 Å². The number of rotatable bonds is 2. The van der Waals surface area contributed by atoms with Gasteiger partial charge in [0.25, 0.3) is 0 Å². The van der Waals surface area contributed by atoms with Gasteiger partial charge in [0.05, 0.1) is 12.6 Å². The summed E-state index contributed by atoms with van der Waals surface area (Å²) in [5, 5.41) is 1.09. The Bertz CT molecular complexity index is 425. The molecule has 2 N–H and O–H groups in total. The van der Waals surface area contributed by atoms with E-state index in [0.29, 0.717) is 12.4 Å². The van der Waals surface area contributed by atoms with Crippen LogP contribution in [0.25, 0.3) is 10.9 Å². The summed E-state index contributed by atoms with van der Waals surface area (Å²) in [6.45, 7) is 4.81. The molecule has 0 spiro atoms. The lowest BCUT2D eigenvalue weighted by molar-refractivity contribution is 0.399. The van der Waals surface area contributed by atoms with Crippen LogP contribution in [0.2, 0.25) is 0 Å². The van der Waals surface area contributed by atoms with E-state index in [1.165, 1.54) is 6.42 Å². The highest BCUT2D eigenvalue weighted by molar-refractivity contribution is 5.79. The van der Waals surface area contributed by atoms with Crippen LogP contribution in [0, 0.1) is 0 Å². The molecule has 3 heteroatoms. The van der Waals surface area contributed by atoms with Crippen LogP contribution in [0.15, 0.2) is 30.3 Å². The second-order valence-corrected chi connectivity index (χ2v) is 3.79. The Morgan fingerprint density at radius 3 is 2.47 bits per heavy atom. The predicted molar refractivity (Wildman–Crippen MR) is 72.2 cm³/mol. The average molecular weight is 232 g/mol. The summed E-state index contributed by atoms with van der Waals surface area (Å²) in [4.78, 5) is 4.31. The van der Waals surface area contributed by atoms with Crippen LogP contribution >= 0.6 is 0 Å². The Morgan fingerprint density at radius 1 is 1.18 bits per heavy atom. The predicted octanol–water partition coefficient (Wildman–Crippen LogP) is 3.12. The van der Waals surface area contributed by atoms with Gasteiger partial charge in [-0.05, 0) is 23.8 Å². The van der Waals surface area contributed by atoms with E-state index < -0.39 is 0 Å². The second-order valence-electron chi connectivity index (χ2n) is 3.79. The van der Waals surface area contributed by atoms with Crippen LogP contribution in [0.5, 0.6) is 5.88 Å². The minimum atomic E-state index is 0.558. The maximum Gasteiger partial charge on any atom is 0.213 e. The quantitative estimate of drug-likeness (QED) is 0.865. The molecule has 0 saturated heterocycles. The number of nitrogens with two attached hydrogens (primary N) is 1. The van der Waals surface area contributed by atoms with E-state index in [1.807, 2.05) is 30.3 Å². The second kappa shape index (κ2) is 6.86. The third kappa shape index (κ3) is 3.71. The number of hydrogen-bond donors (Lipinski definition) is 1. The Hall–Kier alpha value is -1.61. The van der Waals surface area contributed by atoms with Crippen molar-refractivity contribution < 1.29 is 4.74 Å². The largest absolute Gasteiger partial charge is 0.481 e. The van der Waals surface area contributed by atoms with Gasteiger partial charge < -0.3 is 10.5 Å². The van der Waals surface area contributed by atoms with Crippen molar-refractivity contribution in [3.8, 4) is 5.88 Å². The number of nitrogens with zero attached hydrogens (tertiary/aromatic N) is 1. The molecule has 0 atom stereocenters. The van der Waals surface area contributed by atoms with Crippen LogP contribution in [0.3, 0.4) is 0 Å². The summed E-state index contributed by atoms with van der Waals surface area (Å²) in [5.41, 5.74) is 7.60. The monoisotopic (exact) mass is 232 g/mol. The zero-order chi connectivity index (χ0) is 12.7. The number of pyridine rings is 1. The first-order chi connectivity index (χ1) is 8.24. The van der Waals surface area contributed by atoms with Crippen molar-refractivity contribution >= 4 is 10.9 Å². The van der Waals surface area contributed by atoms with Crippen LogP contribution in [0.4, 0.5) is 0 Å². The SMILES string of the molecule is CCC.COc1ccc2cc(CN)ccc2n1. The molecule has 0 aliphatic carbocycles. The summed E-state index contributed by atoms with van der Waals surface area (Å²) >= 11 is 0. The Labute approximate surface area is 103 Å². The van der Waals surface area contributed by atoms with Gasteiger partial charge in [-0.3, -0.25) is 0 Å². The van der Waals surface area contributed by atoms with Crippen molar-refractivity contribution in [2.75, 3.05) is 7.11 Å². The van der Waals surface area contributed by atoms with E-state index in [2.05, 4.69) is 18.8 Å². The van der Waals surface area contributed by atoms with Gasteiger partial charge in [-0.2, -0.15) is 0 Å². The van der Waals surface area contributed by atoms with Crippen molar-refractivity contribution in [1.82, 2.24) is 4.98 Å². The van der Waals surface area contributed by atoms with Gasteiger partial charge in [0.1, 0.15) is 0 Å². The molecule has 1 heterocycles. The first-order valence-electron chi connectivity index (χ1n) is 5.88. The van der Waals surface area contributed by atoms with Crippen molar-refractivity contribution in [3.05, 3.63) is 35.9 Å². The van der Waals surface area contributed by atoms with Crippen molar-refractivity contribution in [2.45, 2.75) is 26.8 Å². The summed E-state index contributed by atoms with van der Waals surface area (Å²) in [5.74, 6) is 0.637. The summed E-state index contributed by atoms with van der Waals surface area (Å²) in [6, 6.07) is 9.82. The zero-order valence-electron chi connectivity index (χ0n) is 10.7. The van der Waals surface area contributed by atoms with Gasteiger partial charge in [0, 0.05) is 18.0 Å². The average Bonchev–Trinajstić information content (AvgIpc) is 2.38. The summed E-state index contributed by atoms with van der Waals surface area (Å²) in [6.07, 6.45) is 1.25. The van der Waals surface area contributed by atoms with Crippen molar-refractivity contribution in [2.24, 2.45) is 5.73 Å². The Balaban J connectivity index is 0.000000437. The molecule has 0 radical (unpaired) electrons. The smallest absolute Gasteiger partial charge is 0.213 e. The number of methoxy groups -OCH3 is 1. The molecule has 0 unspecified atom stereocenters. The first kappa shape index (κ1) is 13.5. The van der Waals surface area contributed by atoms with E-state index >= 15 is 0 Å². The lowest BCUT2D eigenvalue weighted by Gasteiger charge is -2.02. The number of ether oxygens (including phenoxy) is 1. The van der Waals surface area contributed by atoms with E-state index in [4.69, 9.17) is 10.5 Å². The Morgan fingerprint density at radius 2 is 1.88 bits per heavy atom. The fourth-order valence-electron chi connectivity index (χ4n) is 1.40. The van der Waals surface area contributed by atoms with Crippen molar-refractivity contribution in [3.63, 3.8) is 0 Å². The standard InChI is InChI=1S/C11H12N2O.C3H8/c1-14-11-5-3-9-6-8(7-12)2-4-10(9)13-11;1-3-2/h2-6H,7,12H2,1H3;3H2,1-2H3. The number of benzene rings is 1. The normalized spacial score (nSPS) is 9.65. The third-order valence-corrected chi connectivity index (χ3v) is 2.17. The van der Waals surface area contributed by atoms with Gasteiger partial charge in [0.15, 0.2) is 0 Å². The van der Waals surface area contributed by atoms with Gasteiger partial charge in [-0.15, -0.1) is 0 Å². The molecule has 0 amide bonds. The summed E-state index contributed by atoms with van der Waals surface area (Å²) in [7, 11) is 1.61. The minimum Gasteiger partial charge on any atom is -0.481 e. The van der Waals surface area contributed by atoms with Crippen LogP contribution in [-0.2, 0) is 6.54 Å². The maximum absolute atomic E-state index is 5.55. The topological polar surface area (TPSA) is 48.1 Å². The van der Waals surface area contributed by atoms with Crippen molar-refractivity contribution in [1.29, 1.82) is 0 Å². The minimum absolute atomic E-state index is 0.558. The number of hydrogen-bond acceptors (Lipinski definition) is 3. The van der Waals surface area contributed by atoms with Gasteiger partial charge in [-0.25, -0.2) is 4.98 Å². The van der Waals surface area contributed by atoms with Crippen LogP contribution in [-0.4, -0.2) is 12.1 Å². The molecule has 0 saturated carbocycles. The molecular weight excluding hydrogens is 212 g/mol. The highest BCUT2D eigenvalue weighted by Crippen LogP contribution is 2.17. The Kier molecular flexibility index (Phi) is 5.43. The van der Waals surface area contributed by atoms with Gasteiger partial charge >= 0.3 is 0 Å². The third-order valence-electron chi connectivity index (χ3n) is 2.17. The molecule has 92 valence electrons. The molecule has 1 aromatic carbocycles. The van der Waals surface area contributed by atoms with E-state index in [9.17, 15) is 0 Å². The zero-order valence-corrected chi connectivity index (χ0v) is 10.7. The van der Waals surface area contributed by atoms with Gasteiger partial charge in [-0.1, -0.05) is 26.3 Å². The van der Waals surface area contributed by atoms with E-state index in [-0.39, 0.29) is 0 Å². The molecule has 1 aromatic heterocycles. The molecule has 3 nitrogen and oxygen atoms in total. The lowest BCUT2D eigenvalue weighted by atomic mass is 10.1. The molecule has 0 bridgehead atoms. The van der Waals surface area contributed by atoms with Crippen LogP contribution in [0.1, 0.15) is 25.8 Å². The fraction of sp³-hybridized carbons (Fsp3) is 0.357. The molecule has 2 rings (SSSR count). The first-order valence-corrected chi connectivity index (χ1v) is 5.88. The maximum atomic E-state index is 5.55. The summed E-state index contributed by atoms with van der Waals surface area (Å²) < 4.78 is 5.04. The number of aromatic nitrogens is 1. The molecular formula is C14H20N2O. The molecule has 0 aliphatic rings. The highest BCUT2D eigenvalue weighted by Gasteiger charge is 1.98. The lowest BCUT2D eigenvalue weighted by Crippen LogP contribution is -1.96. The molecule has 0 fully saturated rings. The van der Waals surface area contributed by atoms with E-state index in [0.717, 1.165) is 16.5 Å². The van der Waals surface area contributed by atoms with Gasteiger partial charge in [0.2, 0.25) is 5.88 Å². The molecule has 2 aromatic rings. The fourth-order valence-corrected chi connectivity index (χ4v) is 1.40. The molecule has 0 aliphatic heterocycles. The van der Waals surface area contributed by atoms with E-state index in [1.54, 1.807) is 7.11 Å². The highest BCUT2D eigenvalue weighted by atomic mass is 16.5.